The summed E-state index contributed by atoms with van der Waals surface area (Å²) in [4.78, 5) is 14.5. The molecule has 28 heavy (non-hydrogen) atoms. The highest BCUT2D eigenvalue weighted by atomic mass is 35.5. The maximum atomic E-state index is 10.5. The summed E-state index contributed by atoms with van der Waals surface area (Å²) in [5.74, 6) is 7.49. The molecule has 1 aliphatic heterocycles. The third-order valence-corrected chi connectivity index (χ3v) is 6.97. The van der Waals surface area contributed by atoms with Crippen molar-refractivity contribution in [2.45, 2.75) is 43.8 Å². The Hall–Kier alpha value is -1.63. The normalized spacial score (nSPS) is 21.8. The molecule has 4 rings (SSSR count). The summed E-state index contributed by atoms with van der Waals surface area (Å²) < 4.78 is 1.86. The molecular weight excluding hydrogens is 416 g/mol. The predicted molar refractivity (Wildman–Crippen MR) is 114 cm³/mol. The van der Waals surface area contributed by atoms with E-state index in [2.05, 4.69) is 33.7 Å². The van der Waals surface area contributed by atoms with Gasteiger partial charge in [0.1, 0.15) is 17.0 Å². The van der Waals surface area contributed by atoms with E-state index in [9.17, 15) is 10.2 Å². The number of fused-ring (bicyclic) bond motifs is 1. The molecule has 0 unspecified atom stereocenters. The molecule has 3 aromatic heterocycles. The Morgan fingerprint density at radius 1 is 1.32 bits per heavy atom. The molecule has 4 heterocycles. The number of unbranched alkanes of at least 4 members (excludes halogenated alkanes) is 2. The van der Waals surface area contributed by atoms with Crippen LogP contribution in [-0.2, 0) is 0 Å². The third kappa shape index (κ3) is 3.65. The van der Waals surface area contributed by atoms with Gasteiger partial charge in [-0.1, -0.05) is 36.9 Å². The quantitative estimate of drug-likeness (QED) is 0.370. The van der Waals surface area contributed by atoms with Crippen LogP contribution in [0.1, 0.15) is 37.4 Å². The summed E-state index contributed by atoms with van der Waals surface area (Å²) in [6.07, 6.45) is 1.15. The summed E-state index contributed by atoms with van der Waals surface area (Å²) >= 11 is 9.42. The number of hydrogen-bond acceptors (Lipinski definition) is 7. The average molecular weight is 435 g/mol. The molecule has 1 saturated heterocycles. The van der Waals surface area contributed by atoms with Gasteiger partial charge in [-0.2, -0.15) is 0 Å². The molecule has 3 atom stereocenters. The minimum absolute atomic E-state index is 0.236. The van der Waals surface area contributed by atoms with Crippen molar-refractivity contribution >= 4 is 45.9 Å². The van der Waals surface area contributed by atoms with Crippen molar-refractivity contribution in [2.75, 3.05) is 5.75 Å². The van der Waals surface area contributed by atoms with Crippen LogP contribution < -0.4 is 0 Å². The standard InChI is InChI=1S/C19H19ClN4O2S2/c1-2-3-4-5-8-13-21-16(20)14-18(22-13)24(19-15(26)11(25)10-28-19)17(23-14)12-7-6-9-27-12/h6-7,9,11,15,19,25-26H,2-4,10H2,1H3/t11-,15-,19-/m1/s1. The van der Waals surface area contributed by atoms with Crippen LogP contribution in [0.5, 0.6) is 0 Å². The van der Waals surface area contributed by atoms with Gasteiger partial charge in [-0.05, 0) is 23.8 Å². The molecule has 0 aromatic carbocycles. The smallest absolute Gasteiger partial charge is 0.208 e. The van der Waals surface area contributed by atoms with Crippen molar-refractivity contribution in [3.05, 3.63) is 28.5 Å². The fourth-order valence-electron chi connectivity index (χ4n) is 3.04. The summed E-state index contributed by atoms with van der Waals surface area (Å²) in [7, 11) is 0. The maximum absolute atomic E-state index is 10.5. The lowest BCUT2D eigenvalue weighted by atomic mass is 10.2. The second-order valence-corrected chi connectivity index (χ2v) is 8.94. The van der Waals surface area contributed by atoms with Crippen molar-refractivity contribution in [1.29, 1.82) is 0 Å². The van der Waals surface area contributed by atoms with E-state index in [1.807, 2.05) is 22.1 Å². The van der Waals surface area contributed by atoms with E-state index in [-0.39, 0.29) is 5.15 Å². The first-order valence-corrected chi connectivity index (χ1v) is 11.4. The van der Waals surface area contributed by atoms with Crippen LogP contribution in [0, 0.1) is 11.8 Å². The van der Waals surface area contributed by atoms with Gasteiger partial charge in [0.25, 0.3) is 0 Å². The molecule has 1 aliphatic rings. The Kier molecular flexibility index (Phi) is 5.90. The second-order valence-electron chi connectivity index (χ2n) is 6.48. The molecule has 9 heteroatoms. The van der Waals surface area contributed by atoms with Crippen LogP contribution in [0.3, 0.4) is 0 Å². The SMILES string of the molecule is CCCCC#Cc1nc(Cl)c2nc(-c3cccs3)n([C@@H]3SC[C@@H](O)[C@H]3O)c2n1. The molecule has 6 nitrogen and oxygen atoms in total. The van der Waals surface area contributed by atoms with E-state index in [4.69, 9.17) is 11.6 Å². The van der Waals surface area contributed by atoms with Crippen LogP contribution >= 0.6 is 34.7 Å². The summed E-state index contributed by atoms with van der Waals surface area (Å²) in [6.45, 7) is 2.12. The molecule has 1 fully saturated rings. The molecule has 2 N–H and O–H groups in total. The first kappa shape index (κ1) is 19.7. The zero-order valence-corrected chi connectivity index (χ0v) is 17.6. The van der Waals surface area contributed by atoms with E-state index in [0.717, 1.165) is 24.1 Å². The first-order chi connectivity index (χ1) is 13.6. The maximum Gasteiger partial charge on any atom is 0.208 e. The van der Waals surface area contributed by atoms with Gasteiger partial charge in [0.15, 0.2) is 16.6 Å². The number of rotatable bonds is 4. The first-order valence-electron chi connectivity index (χ1n) is 9.06. The number of hydrogen-bond donors (Lipinski definition) is 2. The third-order valence-electron chi connectivity index (χ3n) is 4.47. The van der Waals surface area contributed by atoms with Crippen molar-refractivity contribution < 1.29 is 10.2 Å². The van der Waals surface area contributed by atoms with Gasteiger partial charge >= 0.3 is 0 Å². The lowest BCUT2D eigenvalue weighted by molar-refractivity contribution is 0.0316. The van der Waals surface area contributed by atoms with Crippen LogP contribution in [0.25, 0.3) is 21.9 Å². The fraction of sp³-hybridized carbons (Fsp3) is 0.421. The van der Waals surface area contributed by atoms with Crippen LogP contribution in [0.15, 0.2) is 17.5 Å². The van der Waals surface area contributed by atoms with Crippen molar-refractivity contribution in [1.82, 2.24) is 19.5 Å². The van der Waals surface area contributed by atoms with Gasteiger partial charge in [0, 0.05) is 12.2 Å². The zero-order chi connectivity index (χ0) is 19.7. The lowest BCUT2D eigenvalue weighted by Gasteiger charge is -2.19. The molecule has 0 aliphatic carbocycles. The minimum atomic E-state index is -0.922. The summed E-state index contributed by atoms with van der Waals surface area (Å²) in [5, 5.41) is 22.4. The van der Waals surface area contributed by atoms with Crippen molar-refractivity contribution in [3.8, 4) is 22.5 Å². The Morgan fingerprint density at radius 3 is 2.86 bits per heavy atom. The van der Waals surface area contributed by atoms with E-state index in [0.29, 0.717) is 28.6 Å². The number of thiophene rings is 1. The molecule has 0 radical (unpaired) electrons. The minimum Gasteiger partial charge on any atom is -0.389 e. The Bertz CT molecular complexity index is 1040. The Labute approximate surface area is 176 Å². The highest BCUT2D eigenvalue weighted by Crippen LogP contribution is 2.42. The number of thioether (sulfide) groups is 1. The molecule has 146 valence electrons. The average Bonchev–Trinajstić information content (AvgIpc) is 3.39. The van der Waals surface area contributed by atoms with E-state index in [1.54, 1.807) is 0 Å². The van der Waals surface area contributed by atoms with Gasteiger partial charge in [-0.25, -0.2) is 15.0 Å². The topological polar surface area (TPSA) is 84.1 Å². The molecule has 0 bridgehead atoms. The number of imidazole rings is 1. The van der Waals surface area contributed by atoms with Crippen LogP contribution in [0.4, 0.5) is 0 Å². The highest BCUT2D eigenvalue weighted by molar-refractivity contribution is 7.99. The van der Waals surface area contributed by atoms with Crippen molar-refractivity contribution in [2.24, 2.45) is 0 Å². The Morgan fingerprint density at radius 2 is 2.18 bits per heavy atom. The number of halogens is 1. The lowest BCUT2D eigenvalue weighted by Crippen LogP contribution is -2.28. The van der Waals surface area contributed by atoms with E-state index >= 15 is 0 Å². The second kappa shape index (κ2) is 8.39. The highest BCUT2D eigenvalue weighted by Gasteiger charge is 2.38. The van der Waals surface area contributed by atoms with Gasteiger partial charge in [-0.15, -0.1) is 23.1 Å². The van der Waals surface area contributed by atoms with Crippen molar-refractivity contribution in [3.63, 3.8) is 0 Å². The van der Waals surface area contributed by atoms with Gasteiger partial charge < -0.3 is 10.2 Å². The van der Waals surface area contributed by atoms with E-state index in [1.165, 1.54) is 23.1 Å². The number of aliphatic hydroxyl groups excluding tert-OH is 2. The predicted octanol–water partition coefficient (Wildman–Crippen LogP) is 3.72. The van der Waals surface area contributed by atoms with E-state index < -0.39 is 17.6 Å². The molecule has 0 saturated carbocycles. The van der Waals surface area contributed by atoms with Gasteiger partial charge in [-0.3, -0.25) is 4.57 Å². The van der Waals surface area contributed by atoms with Crippen LogP contribution in [-0.4, -0.2) is 47.7 Å². The largest absolute Gasteiger partial charge is 0.389 e. The molecule has 3 aromatic rings. The number of aliphatic hydroxyl groups is 2. The fourth-order valence-corrected chi connectivity index (χ4v) is 5.27. The summed E-state index contributed by atoms with van der Waals surface area (Å²) in [6, 6.07) is 3.90. The summed E-state index contributed by atoms with van der Waals surface area (Å²) in [5.41, 5.74) is 0.993. The Balaban J connectivity index is 1.88. The van der Waals surface area contributed by atoms with Gasteiger partial charge in [0.05, 0.1) is 11.0 Å². The number of nitrogens with zero attached hydrogens (tertiary/aromatic N) is 4. The molecular formula is C19H19ClN4O2S2. The molecule has 0 spiro atoms. The van der Waals surface area contributed by atoms with Gasteiger partial charge in [0.2, 0.25) is 5.82 Å². The molecule has 0 amide bonds. The monoisotopic (exact) mass is 434 g/mol. The van der Waals surface area contributed by atoms with Crippen LogP contribution in [0.2, 0.25) is 5.15 Å². The zero-order valence-electron chi connectivity index (χ0n) is 15.2. The number of aromatic nitrogens is 4.